The van der Waals surface area contributed by atoms with E-state index in [-0.39, 0.29) is 5.91 Å². The number of hydrogen-bond acceptors (Lipinski definition) is 4. The number of carbonyl (C=O) groups is 1. The van der Waals surface area contributed by atoms with Gasteiger partial charge in [-0.2, -0.15) is 5.26 Å². The summed E-state index contributed by atoms with van der Waals surface area (Å²) in [4.78, 5) is 14.2. The first-order chi connectivity index (χ1) is 10.2. The van der Waals surface area contributed by atoms with Crippen molar-refractivity contribution in [2.24, 2.45) is 0 Å². The zero-order valence-electron chi connectivity index (χ0n) is 11.8. The summed E-state index contributed by atoms with van der Waals surface area (Å²) in [5, 5.41) is 8.92. The number of nitriles is 1. The van der Waals surface area contributed by atoms with Gasteiger partial charge in [0.25, 0.3) is 5.91 Å². The zero-order chi connectivity index (χ0) is 15.1. The summed E-state index contributed by atoms with van der Waals surface area (Å²) in [6.45, 7) is 1.36. The summed E-state index contributed by atoms with van der Waals surface area (Å²) in [7, 11) is 1.59. The van der Waals surface area contributed by atoms with Crippen LogP contribution in [0.3, 0.4) is 0 Å². The molecule has 2 aromatic rings. The fraction of sp³-hybridized carbons (Fsp3) is 0.250. The highest BCUT2D eigenvalue weighted by atomic mass is 16.5. The molecule has 108 valence electrons. The van der Waals surface area contributed by atoms with Gasteiger partial charge < -0.3 is 14.1 Å². The third-order valence-corrected chi connectivity index (χ3v) is 3.04. The van der Waals surface area contributed by atoms with E-state index < -0.39 is 0 Å². The monoisotopic (exact) mass is 284 g/mol. The van der Waals surface area contributed by atoms with Crippen LogP contribution in [0.15, 0.2) is 47.3 Å². The van der Waals surface area contributed by atoms with Crippen LogP contribution in [0, 0.1) is 11.3 Å². The van der Waals surface area contributed by atoms with Crippen molar-refractivity contribution in [3.8, 4) is 6.07 Å². The van der Waals surface area contributed by atoms with E-state index in [1.54, 1.807) is 48.8 Å². The van der Waals surface area contributed by atoms with E-state index in [0.29, 0.717) is 30.8 Å². The van der Waals surface area contributed by atoms with E-state index in [0.717, 1.165) is 5.56 Å². The molecule has 0 unspecified atom stereocenters. The molecule has 0 fully saturated rings. The van der Waals surface area contributed by atoms with Gasteiger partial charge in [-0.3, -0.25) is 4.79 Å². The van der Waals surface area contributed by atoms with Crippen LogP contribution in [-0.4, -0.2) is 31.1 Å². The molecule has 1 aromatic carbocycles. The van der Waals surface area contributed by atoms with Gasteiger partial charge in [0.05, 0.1) is 30.8 Å². The zero-order valence-corrected chi connectivity index (χ0v) is 11.8. The minimum Gasteiger partial charge on any atom is -0.472 e. The van der Waals surface area contributed by atoms with E-state index in [4.69, 9.17) is 14.4 Å². The van der Waals surface area contributed by atoms with E-state index in [2.05, 4.69) is 0 Å². The molecule has 2 rings (SSSR count). The van der Waals surface area contributed by atoms with Gasteiger partial charge in [-0.25, -0.2) is 0 Å². The van der Waals surface area contributed by atoms with E-state index in [9.17, 15) is 4.79 Å². The van der Waals surface area contributed by atoms with Crippen LogP contribution in [-0.2, 0) is 11.3 Å². The molecule has 1 aromatic heterocycles. The van der Waals surface area contributed by atoms with Crippen molar-refractivity contribution < 1.29 is 13.9 Å². The second kappa shape index (κ2) is 7.27. The maximum absolute atomic E-state index is 12.6. The van der Waals surface area contributed by atoms with Crippen molar-refractivity contribution in [1.29, 1.82) is 5.26 Å². The Morgan fingerprint density at radius 3 is 2.95 bits per heavy atom. The summed E-state index contributed by atoms with van der Waals surface area (Å²) in [6.07, 6.45) is 3.18. The summed E-state index contributed by atoms with van der Waals surface area (Å²) in [6, 6.07) is 10.5. The Bertz CT molecular complexity index is 629. The molecule has 0 aliphatic carbocycles. The molecule has 0 bridgehead atoms. The second-order valence-corrected chi connectivity index (χ2v) is 4.54. The Hall–Kier alpha value is -2.58. The quantitative estimate of drug-likeness (QED) is 0.817. The molecule has 0 atom stereocenters. The third kappa shape index (κ3) is 3.94. The number of benzene rings is 1. The predicted molar refractivity (Wildman–Crippen MR) is 76.5 cm³/mol. The van der Waals surface area contributed by atoms with Crippen LogP contribution in [0.2, 0.25) is 0 Å². The normalized spacial score (nSPS) is 10.1. The van der Waals surface area contributed by atoms with Crippen molar-refractivity contribution in [2.45, 2.75) is 6.54 Å². The number of rotatable bonds is 6. The molecule has 0 radical (unpaired) electrons. The lowest BCUT2D eigenvalue weighted by Crippen LogP contribution is -2.33. The summed E-state index contributed by atoms with van der Waals surface area (Å²) in [5.41, 5.74) is 1.88. The highest BCUT2D eigenvalue weighted by Gasteiger charge is 2.16. The summed E-state index contributed by atoms with van der Waals surface area (Å²) >= 11 is 0. The standard InChI is InChI=1S/C16H16N2O3/c1-20-8-6-18(11-14-5-7-21-12-14)16(19)15-4-2-3-13(9-15)10-17/h2-5,7,9,12H,6,8,11H2,1H3. The Balaban J connectivity index is 2.18. The van der Waals surface area contributed by atoms with Gasteiger partial charge in [0.2, 0.25) is 0 Å². The van der Waals surface area contributed by atoms with Gasteiger partial charge in [0, 0.05) is 31.3 Å². The average Bonchev–Trinajstić information content (AvgIpc) is 3.03. The molecule has 5 heteroatoms. The van der Waals surface area contributed by atoms with Crippen LogP contribution in [0.1, 0.15) is 21.5 Å². The maximum Gasteiger partial charge on any atom is 0.254 e. The van der Waals surface area contributed by atoms with Gasteiger partial charge in [0.1, 0.15) is 0 Å². The summed E-state index contributed by atoms with van der Waals surface area (Å²) < 4.78 is 10.1. The molecule has 0 saturated heterocycles. The number of ether oxygens (including phenoxy) is 1. The van der Waals surface area contributed by atoms with Gasteiger partial charge in [-0.05, 0) is 24.3 Å². The van der Waals surface area contributed by atoms with Gasteiger partial charge in [0.15, 0.2) is 0 Å². The Morgan fingerprint density at radius 1 is 1.43 bits per heavy atom. The number of nitrogens with zero attached hydrogens (tertiary/aromatic N) is 2. The van der Waals surface area contributed by atoms with Crippen LogP contribution < -0.4 is 0 Å². The molecule has 0 N–H and O–H groups in total. The Labute approximate surface area is 123 Å². The van der Waals surface area contributed by atoms with Gasteiger partial charge >= 0.3 is 0 Å². The Morgan fingerprint density at radius 2 is 2.29 bits per heavy atom. The van der Waals surface area contributed by atoms with Gasteiger partial charge in [-0.15, -0.1) is 0 Å². The van der Waals surface area contributed by atoms with Gasteiger partial charge in [-0.1, -0.05) is 6.07 Å². The molecule has 0 aliphatic heterocycles. The van der Waals surface area contributed by atoms with Crippen molar-refractivity contribution in [2.75, 3.05) is 20.3 Å². The van der Waals surface area contributed by atoms with E-state index >= 15 is 0 Å². The van der Waals surface area contributed by atoms with E-state index in [1.807, 2.05) is 12.1 Å². The SMILES string of the molecule is COCCN(Cc1ccoc1)C(=O)c1cccc(C#N)c1. The first-order valence-electron chi connectivity index (χ1n) is 6.54. The smallest absolute Gasteiger partial charge is 0.254 e. The Kier molecular flexibility index (Phi) is 5.13. The number of hydrogen-bond donors (Lipinski definition) is 0. The minimum atomic E-state index is -0.134. The molecule has 0 saturated carbocycles. The van der Waals surface area contributed by atoms with E-state index in [1.165, 1.54) is 0 Å². The van der Waals surface area contributed by atoms with Crippen molar-refractivity contribution in [1.82, 2.24) is 4.90 Å². The molecule has 1 amide bonds. The molecule has 0 aliphatic rings. The van der Waals surface area contributed by atoms with Crippen LogP contribution in [0.4, 0.5) is 0 Å². The molecule has 0 spiro atoms. The first kappa shape index (κ1) is 14.8. The minimum absolute atomic E-state index is 0.134. The second-order valence-electron chi connectivity index (χ2n) is 4.54. The fourth-order valence-electron chi connectivity index (χ4n) is 1.96. The number of amides is 1. The largest absolute Gasteiger partial charge is 0.472 e. The highest BCUT2D eigenvalue weighted by molar-refractivity contribution is 5.94. The molecular weight excluding hydrogens is 268 g/mol. The number of methoxy groups -OCH3 is 1. The molecule has 21 heavy (non-hydrogen) atoms. The van der Waals surface area contributed by atoms with Crippen LogP contribution in [0.5, 0.6) is 0 Å². The lowest BCUT2D eigenvalue weighted by Gasteiger charge is -2.22. The highest BCUT2D eigenvalue weighted by Crippen LogP contribution is 2.12. The number of carbonyl (C=O) groups excluding carboxylic acids is 1. The first-order valence-corrected chi connectivity index (χ1v) is 6.54. The number of furan rings is 1. The average molecular weight is 284 g/mol. The lowest BCUT2D eigenvalue weighted by molar-refractivity contribution is 0.0680. The van der Waals surface area contributed by atoms with Crippen molar-refractivity contribution in [3.63, 3.8) is 0 Å². The maximum atomic E-state index is 12.6. The molecule has 5 nitrogen and oxygen atoms in total. The van der Waals surface area contributed by atoms with Crippen LogP contribution >= 0.6 is 0 Å². The lowest BCUT2D eigenvalue weighted by atomic mass is 10.1. The fourth-order valence-corrected chi connectivity index (χ4v) is 1.96. The van der Waals surface area contributed by atoms with Crippen LogP contribution in [0.25, 0.3) is 0 Å². The topological polar surface area (TPSA) is 66.5 Å². The predicted octanol–water partition coefficient (Wildman–Crippen LogP) is 2.44. The summed E-state index contributed by atoms with van der Waals surface area (Å²) in [5.74, 6) is -0.134. The third-order valence-electron chi connectivity index (χ3n) is 3.04. The molecular formula is C16H16N2O3. The van der Waals surface area contributed by atoms with Crippen molar-refractivity contribution in [3.05, 3.63) is 59.5 Å². The van der Waals surface area contributed by atoms with Crippen molar-refractivity contribution >= 4 is 5.91 Å². The molecule has 1 heterocycles.